The van der Waals surface area contributed by atoms with Crippen LogP contribution in [0.2, 0.25) is 0 Å². The van der Waals surface area contributed by atoms with Crippen LogP contribution in [0.15, 0.2) is 48.5 Å². The van der Waals surface area contributed by atoms with Crippen LogP contribution in [0, 0.1) is 6.92 Å². The predicted molar refractivity (Wildman–Crippen MR) is 115 cm³/mol. The van der Waals surface area contributed by atoms with Crippen molar-refractivity contribution in [2.75, 3.05) is 42.1 Å². The molecule has 156 valence electrons. The molecule has 3 rings (SSSR count). The number of carbonyl (C=O) groups excluding carboxylic acids is 1. The van der Waals surface area contributed by atoms with Gasteiger partial charge in [0.15, 0.2) is 6.10 Å². The van der Waals surface area contributed by atoms with Gasteiger partial charge in [-0.2, -0.15) is 0 Å². The molecule has 0 radical (unpaired) electrons. The van der Waals surface area contributed by atoms with E-state index in [1.165, 1.54) is 4.31 Å². The van der Waals surface area contributed by atoms with Gasteiger partial charge in [-0.3, -0.25) is 9.10 Å². The Morgan fingerprint density at radius 3 is 2.66 bits per heavy atom. The molecule has 0 aliphatic carbocycles. The Balaban J connectivity index is 1.58. The summed E-state index contributed by atoms with van der Waals surface area (Å²) in [6.07, 6.45) is 1.01. The molecule has 0 spiro atoms. The Kier molecular flexibility index (Phi) is 6.32. The second-order valence-corrected chi connectivity index (χ2v) is 9.18. The first-order chi connectivity index (χ1) is 13.8. The first-order valence-electron chi connectivity index (χ1n) is 9.54. The van der Waals surface area contributed by atoms with Crippen LogP contribution in [0.1, 0.15) is 12.0 Å². The highest BCUT2D eigenvalue weighted by Gasteiger charge is 2.34. The highest BCUT2D eigenvalue weighted by Crippen LogP contribution is 2.35. The maximum absolute atomic E-state index is 12.6. The van der Waals surface area contributed by atoms with Crippen LogP contribution in [0.3, 0.4) is 0 Å². The van der Waals surface area contributed by atoms with Gasteiger partial charge in [-0.1, -0.05) is 24.3 Å². The van der Waals surface area contributed by atoms with Gasteiger partial charge >= 0.3 is 0 Å². The fourth-order valence-corrected chi connectivity index (χ4v) is 4.17. The van der Waals surface area contributed by atoms with E-state index < -0.39 is 16.1 Å². The lowest BCUT2D eigenvalue weighted by Gasteiger charge is -2.34. The molecule has 29 heavy (non-hydrogen) atoms. The number of ether oxygens (including phenoxy) is 1. The van der Waals surface area contributed by atoms with E-state index in [2.05, 4.69) is 10.2 Å². The van der Waals surface area contributed by atoms with Crippen LogP contribution in [0.25, 0.3) is 0 Å². The molecule has 2 aromatic carbocycles. The van der Waals surface area contributed by atoms with Crippen molar-refractivity contribution in [3.8, 4) is 5.75 Å². The summed E-state index contributed by atoms with van der Waals surface area (Å²) in [4.78, 5) is 14.7. The lowest BCUT2D eigenvalue weighted by atomic mass is 10.1. The predicted octanol–water partition coefficient (Wildman–Crippen LogP) is 2.16. The van der Waals surface area contributed by atoms with Crippen molar-refractivity contribution in [1.29, 1.82) is 0 Å². The van der Waals surface area contributed by atoms with Crippen LogP contribution in [0.5, 0.6) is 5.75 Å². The number of rotatable bonds is 7. The van der Waals surface area contributed by atoms with E-state index in [0.717, 1.165) is 30.5 Å². The summed E-state index contributed by atoms with van der Waals surface area (Å²) in [5, 5.41) is 2.86. The number of carbonyl (C=O) groups is 1. The van der Waals surface area contributed by atoms with Gasteiger partial charge in [0.05, 0.1) is 18.5 Å². The van der Waals surface area contributed by atoms with Crippen molar-refractivity contribution in [3.05, 3.63) is 54.1 Å². The Bertz CT molecular complexity index is 963. The summed E-state index contributed by atoms with van der Waals surface area (Å²) < 4.78 is 31.5. The number of amides is 1. The normalized spacial score (nSPS) is 16.0. The lowest BCUT2D eigenvalue weighted by molar-refractivity contribution is -0.127. The van der Waals surface area contributed by atoms with Gasteiger partial charge in [0.2, 0.25) is 10.0 Å². The monoisotopic (exact) mass is 417 g/mol. The zero-order valence-corrected chi connectivity index (χ0v) is 17.8. The fourth-order valence-electron chi connectivity index (χ4n) is 3.27. The van der Waals surface area contributed by atoms with Crippen LogP contribution in [0.4, 0.5) is 11.4 Å². The average Bonchev–Trinajstić information content (AvgIpc) is 2.70. The second kappa shape index (κ2) is 8.73. The molecule has 0 unspecified atom stereocenters. The minimum atomic E-state index is -3.52. The van der Waals surface area contributed by atoms with Gasteiger partial charge in [0.1, 0.15) is 5.75 Å². The standard InChI is InChI=1S/C21H27N3O4S/c1-16-10-11-19-18(14-16)24(29(3,26)27)15-20(28-19)21(25)22-12-7-13-23(2)17-8-5-4-6-9-17/h4-6,8-11,14,20H,7,12-13,15H2,1-3H3,(H,22,25)/t20-/m0/s1. The van der Waals surface area contributed by atoms with Crippen LogP contribution in [-0.4, -0.2) is 53.4 Å². The number of nitrogens with one attached hydrogen (secondary N) is 1. The number of sulfonamides is 1. The highest BCUT2D eigenvalue weighted by molar-refractivity contribution is 7.92. The molecule has 2 aromatic rings. The van der Waals surface area contributed by atoms with Crippen LogP contribution < -0.4 is 19.3 Å². The van der Waals surface area contributed by atoms with E-state index in [9.17, 15) is 13.2 Å². The Morgan fingerprint density at radius 2 is 1.97 bits per heavy atom. The number of benzene rings is 2. The molecule has 1 aliphatic rings. The maximum Gasteiger partial charge on any atom is 0.263 e. The SMILES string of the molecule is Cc1ccc2c(c1)N(S(C)(=O)=O)C[C@@H](C(=O)NCCCN(C)c1ccccc1)O2. The van der Waals surface area contributed by atoms with Crippen molar-refractivity contribution in [2.24, 2.45) is 0 Å². The molecule has 8 heteroatoms. The Morgan fingerprint density at radius 1 is 1.24 bits per heavy atom. The summed E-state index contributed by atoms with van der Waals surface area (Å²) in [7, 11) is -1.52. The zero-order chi connectivity index (χ0) is 21.0. The van der Waals surface area contributed by atoms with E-state index >= 15 is 0 Å². The third kappa shape index (κ3) is 5.20. The smallest absolute Gasteiger partial charge is 0.263 e. The average molecular weight is 418 g/mol. The molecule has 1 amide bonds. The van der Waals surface area contributed by atoms with E-state index in [4.69, 9.17) is 4.74 Å². The first-order valence-corrected chi connectivity index (χ1v) is 11.4. The summed E-state index contributed by atoms with van der Waals surface area (Å²) in [5.74, 6) is 0.0866. The highest BCUT2D eigenvalue weighted by atomic mass is 32.2. The molecular weight excluding hydrogens is 390 g/mol. The zero-order valence-electron chi connectivity index (χ0n) is 17.0. The summed E-state index contributed by atoms with van der Waals surface area (Å²) in [6, 6.07) is 15.3. The van der Waals surface area contributed by atoms with E-state index in [1.807, 2.05) is 50.4 Å². The number of para-hydroxylation sites is 1. The number of aryl methyl sites for hydroxylation is 1. The first kappa shape index (κ1) is 21.0. The summed E-state index contributed by atoms with van der Waals surface area (Å²) in [5.41, 5.74) is 2.51. The Labute approximate surface area is 172 Å². The van der Waals surface area contributed by atoms with Gasteiger partial charge in [-0.05, 0) is 43.2 Å². The fraction of sp³-hybridized carbons (Fsp3) is 0.381. The van der Waals surface area contributed by atoms with Crippen LogP contribution in [-0.2, 0) is 14.8 Å². The van der Waals surface area contributed by atoms with Gasteiger partial charge in [-0.15, -0.1) is 0 Å². The molecule has 1 N–H and O–H groups in total. The third-order valence-corrected chi connectivity index (χ3v) is 5.99. The Hall–Kier alpha value is -2.74. The van der Waals surface area contributed by atoms with Crippen molar-refractivity contribution >= 4 is 27.3 Å². The quantitative estimate of drug-likeness (QED) is 0.699. The third-order valence-electron chi connectivity index (χ3n) is 4.84. The van der Waals surface area contributed by atoms with E-state index in [0.29, 0.717) is 18.0 Å². The summed E-state index contributed by atoms with van der Waals surface area (Å²) in [6.45, 7) is 3.11. The molecule has 1 atom stereocenters. The maximum atomic E-state index is 12.6. The molecule has 0 aromatic heterocycles. The van der Waals surface area contributed by atoms with Gasteiger partial charge in [0.25, 0.3) is 5.91 Å². The van der Waals surface area contributed by atoms with Crippen LogP contribution >= 0.6 is 0 Å². The molecule has 7 nitrogen and oxygen atoms in total. The molecular formula is C21H27N3O4S. The number of nitrogens with zero attached hydrogens (tertiary/aromatic N) is 2. The van der Waals surface area contributed by atoms with Gasteiger partial charge in [0, 0.05) is 25.8 Å². The van der Waals surface area contributed by atoms with E-state index in [-0.39, 0.29) is 12.5 Å². The molecule has 0 saturated heterocycles. The lowest BCUT2D eigenvalue weighted by Crippen LogP contribution is -2.50. The molecule has 0 fully saturated rings. The minimum absolute atomic E-state index is 0.0367. The molecule has 1 heterocycles. The van der Waals surface area contributed by atoms with Crippen molar-refractivity contribution in [2.45, 2.75) is 19.4 Å². The van der Waals surface area contributed by atoms with Crippen molar-refractivity contribution in [3.63, 3.8) is 0 Å². The number of hydrogen-bond acceptors (Lipinski definition) is 5. The topological polar surface area (TPSA) is 79.0 Å². The van der Waals surface area contributed by atoms with Gasteiger partial charge in [-0.25, -0.2) is 8.42 Å². The minimum Gasteiger partial charge on any atom is -0.476 e. The van der Waals surface area contributed by atoms with Crippen molar-refractivity contribution < 1.29 is 17.9 Å². The number of anilines is 2. The molecule has 1 aliphatic heterocycles. The molecule has 0 bridgehead atoms. The second-order valence-electron chi connectivity index (χ2n) is 7.27. The van der Waals surface area contributed by atoms with E-state index in [1.54, 1.807) is 12.1 Å². The number of hydrogen-bond donors (Lipinski definition) is 1. The summed E-state index contributed by atoms with van der Waals surface area (Å²) >= 11 is 0. The van der Waals surface area contributed by atoms with Gasteiger partial charge < -0.3 is 15.0 Å². The largest absolute Gasteiger partial charge is 0.476 e. The van der Waals surface area contributed by atoms with Crippen molar-refractivity contribution in [1.82, 2.24) is 5.32 Å². The molecule has 0 saturated carbocycles. The number of fused-ring (bicyclic) bond motifs is 1.